The fourth-order valence-corrected chi connectivity index (χ4v) is 2.43. The van der Waals surface area contributed by atoms with E-state index in [4.69, 9.17) is 10.5 Å². The molecule has 2 rings (SSSR count). The monoisotopic (exact) mass is 446 g/mol. The molecule has 1 atom stereocenters. The van der Waals surface area contributed by atoms with Gasteiger partial charge in [0.15, 0.2) is 5.96 Å². The van der Waals surface area contributed by atoms with E-state index in [0.29, 0.717) is 19.1 Å². The summed E-state index contributed by atoms with van der Waals surface area (Å²) in [6, 6.07) is 7.82. The highest BCUT2D eigenvalue weighted by Gasteiger charge is 2.25. The lowest BCUT2D eigenvalue weighted by atomic mass is 9.85. The third kappa shape index (κ3) is 6.64. The standard InChI is InChI=1S/C17H26N4O2.HI/c1-12(11-23-2)20-17(18)19-10-13-5-3-8-15(9-13)21-16(22)14-6-4-7-14;/h3,5,8-9,12,14H,4,6-7,10-11H2,1-2H3,(H,21,22)(H3,18,19,20);1H. The summed E-state index contributed by atoms with van der Waals surface area (Å²) < 4.78 is 5.04. The first-order valence-electron chi connectivity index (χ1n) is 8.03. The van der Waals surface area contributed by atoms with Crippen molar-refractivity contribution in [1.29, 1.82) is 0 Å². The first-order chi connectivity index (χ1) is 11.1. The Balaban J connectivity index is 0.00000288. The molecule has 1 amide bonds. The zero-order valence-electron chi connectivity index (χ0n) is 14.2. The van der Waals surface area contributed by atoms with Gasteiger partial charge in [0.2, 0.25) is 5.91 Å². The number of carbonyl (C=O) groups is 1. The van der Waals surface area contributed by atoms with E-state index in [1.165, 1.54) is 0 Å². The number of anilines is 1. The van der Waals surface area contributed by atoms with Gasteiger partial charge in [-0.15, -0.1) is 24.0 Å². The summed E-state index contributed by atoms with van der Waals surface area (Å²) in [6.07, 6.45) is 3.15. The van der Waals surface area contributed by atoms with Crippen molar-refractivity contribution in [2.75, 3.05) is 19.0 Å². The maximum absolute atomic E-state index is 12.0. The molecule has 0 aliphatic heterocycles. The van der Waals surface area contributed by atoms with E-state index in [9.17, 15) is 4.79 Å². The second-order valence-corrected chi connectivity index (χ2v) is 6.02. The normalized spacial score (nSPS) is 15.8. The Bertz CT molecular complexity index is 561. The van der Waals surface area contributed by atoms with Crippen LogP contribution in [0, 0.1) is 5.92 Å². The molecule has 1 aliphatic rings. The van der Waals surface area contributed by atoms with E-state index in [-0.39, 0.29) is 41.8 Å². The number of hydrogen-bond acceptors (Lipinski definition) is 3. The molecule has 0 heterocycles. The van der Waals surface area contributed by atoms with E-state index >= 15 is 0 Å². The lowest BCUT2D eigenvalue weighted by Gasteiger charge is -2.24. The molecule has 1 fully saturated rings. The van der Waals surface area contributed by atoms with Crippen molar-refractivity contribution in [3.8, 4) is 0 Å². The van der Waals surface area contributed by atoms with Gasteiger partial charge in [0.1, 0.15) is 0 Å². The highest BCUT2D eigenvalue weighted by Crippen LogP contribution is 2.27. The number of amides is 1. The van der Waals surface area contributed by atoms with E-state index in [1.54, 1.807) is 7.11 Å². The van der Waals surface area contributed by atoms with Gasteiger partial charge in [0, 0.05) is 24.8 Å². The number of hydrogen-bond donors (Lipinski definition) is 3. The number of ether oxygens (including phenoxy) is 1. The van der Waals surface area contributed by atoms with Crippen molar-refractivity contribution >= 4 is 41.5 Å². The summed E-state index contributed by atoms with van der Waals surface area (Å²) in [5.41, 5.74) is 7.66. The van der Waals surface area contributed by atoms with Gasteiger partial charge in [-0.1, -0.05) is 18.6 Å². The molecule has 0 aromatic heterocycles. The number of benzene rings is 1. The van der Waals surface area contributed by atoms with Crippen molar-refractivity contribution in [3.63, 3.8) is 0 Å². The third-order valence-corrected chi connectivity index (χ3v) is 3.91. The summed E-state index contributed by atoms with van der Waals surface area (Å²) in [5.74, 6) is 0.684. The van der Waals surface area contributed by atoms with Crippen LogP contribution in [-0.4, -0.2) is 31.6 Å². The van der Waals surface area contributed by atoms with Crippen LogP contribution < -0.4 is 16.4 Å². The van der Waals surface area contributed by atoms with Gasteiger partial charge >= 0.3 is 0 Å². The zero-order chi connectivity index (χ0) is 16.7. The molecular weight excluding hydrogens is 419 g/mol. The molecule has 0 radical (unpaired) electrons. The van der Waals surface area contributed by atoms with Crippen LogP contribution in [0.1, 0.15) is 31.7 Å². The third-order valence-electron chi connectivity index (χ3n) is 3.91. The van der Waals surface area contributed by atoms with Crippen LogP contribution in [0.3, 0.4) is 0 Å². The Hall–Kier alpha value is -1.35. The highest BCUT2D eigenvalue weighted by molar-refractivity contribution is 14.0. The number of nitrogens with one attached hydrogen (secondary N) is 2. The molecule has 1 aromatic rings. The summed E-state index contributed by atoms with van der Waals surface area (Å²) in [7, 11) is 1.65. The molecule has 0 saturated heterocycles. The van der Waals surface area contributed by atoms with Crippen LogP contribution in [0.25, 0.3) is 0 Å². The van der Waals surface area contributed by atoms with Gasteiger partial charge in [-0.2, -0.15) is 0 Å². The van der Waals surface area contributed by atoms with Crippen LogP contribution in [0.5, 0.6) is 0 Å². The molecule has 6 nitrogen and oxygen atoms in total. The Kier molecular flexibility index (Phi) is 9.05. The highest BCUT2D eigenvalue weighted by atomic mass is 127. The number of carbonyl (C=O) groups excluding carboxylic acids is 1. The Morgan fingerprint density at radius 1 is 1.46 bits per heavy atom. The van der Waals surface area contributed by atoms with E-state index < -0.39 is 0 Å². The summed E-state index contributed by atoms with van der Waals surface area (Å²) in [4.78, 5) is 16.3. The fraction of sp³-hybridized carbons (Fsp3) is 0.529. The van der Waals surface area contributed by atoms with E-state index in [1.807, 2.05) is 31.2 Å². The lowest BCUT2D eigenvalue weighted by Crippen LogP contribution is -2.40. The van der Waals surface area contributed by atoms with Crippen molar-refractivity contribution in [3.05, 3.63) is 29.8 Å². The van der Waals surface area contributed by atoms with Gasteiger partial charge < -0.3 is 21.1 Å². The van der Waals surface area contributed by atoms with Gasteiger partial charge in [-0.05, 0) is 37.5 Å². The quantitative estimate of drug-likeness (QED) is 0.341. The Morgan fingerprint density at radius 3 is 2.83 bits per heavy atom. The molecule has 0 bridgehead atoms. The molecule has 7 heteroatoms. The summed E-state index contributed by atoms with van der Waals surface area (Å²) in [6.45, 7) is 3.01. The van der Waals surface area contributed by atoms with Gasteiger partial charge in [-0.3, -0.25) is 4.79 Å². The molecule has 134 valence electrons. The maximum atomic E-state index is 12.0. The SMILES string of the molecule is COCC(C)NC(N)=NCc1cccc(NC(=O)C2CCC2)c1.I. The van der Waals surface area contributed by atoms with Crippen LogP contribution in [0.15, 0.2) is 29.3 Å². The second-order valence-electron chi connectivity index (χ2n) is 6.02. The number of rotatable bonds is 7. The smallest absolute Gasteiger partial charge is 0.227 e. The van der Waals surface area contributed by atoms with E-state index in [0.717, 1.165) is 30.5 Å². The minimum absolute atomic E-state index is 0. The van der Waals surface area contributed by atoms with Crippen molar-refractivity contribution < 1.29 is 9.53 Å². The van der Waals surface area contributed by atoms with Crippen LogP contribution in [0.2, 0.25) is 0 Å². The topological polar surface area (TPSA) is 88.7 Å². The average Bonchev–Trinajstić information content (AvgIpc) is 2.43. The molecule has 1 aromatic carbocycles. The number of nitrogens with zero attached hydrogens (tertiary/aromatic N) is 1. The minimum atomic E-state index is 0. The molecule has 1 saturated carbocycles. The fourth-order valence-electron chi connectivity index (χ4n) is 2.43. The summed E-state index contributed by atoms with van der Waals surface area (Å²) >= 11 is 0. The minimum Gasteiger partial charge on any atom is -0.383 e. The molecule has 24 heavy (non-hydrogen) atoms. The number of guanidine groups is 1. The predicted octanol–water partition coefficient (Wildman–Crippen LogP) is 2.48. The van der Waals surface area contributed by atoms with Gasteiger partial charge in [0.25, 0.3) is 0 Å². The molecule has 1 aliphatic carbocycles. The number of halogens is 1. The van der Waals surface area contributed by atoms with Crippen LogP contribution >= 0.6 is 24.0 Å². The number of aliphatic imine (C=N–C) groups is 1. The summed E-state index contributed by atoms with van der Waals surface area (Å²) in [5, 5.41) is 6.03. The van der Waals surface area contributed by atoms with Crippen molar-refractivity contribution in [2.45, 2.75) is 38.8 Å². The first-order valence-corrected chi connectivity index (χ1v) is 8.03. The molecular formula is C17H27IN4O2. The Morgan fingerprint density at radius 2 is 2.21 bits per heavy atom. The Labute approximate surface area is 160 Å². The van der Waals surface area contributed by atoms with Gasteiger partial charge in [-0.25, -0.2) is 4.99 Å². The van der Waals surface area contributed by atoms with Gasteiger partial charge in [0.05, 0.1) is 13.2 Å². The van der Waals surface area contributed by atoms with Crippen LogP contribution in [-0.2, 0) is 16.1 Å². The molecule has 1 unspecified atom stereocenters. The molecule has 0 spiro atoms. The zero-order valence-corrected chi connectivity index (χ0v) is 16.6. The number of methoxy groups -OCH3 is 1. The first kappa shape index (κ1) is 20.7. The maximum Gasteiger partial charge on any atom is 0.227 e. The number of nitrogens with two attached hydrogens (primary N) is 1. The lowest BCUT2D eigenvalue weighted by molar-refractivity contribution is -0.122. The van der Waals surface area contributed by atoms with Crippen LogP contribution in [0.4, 0.5) is 5.69 Å². The van der Waals surface area contributed by atoms with E-state index in [2.05, 4.69) is 15.6 Å². The van der Waals surface area contributed by atoms with Crippen molar-refractivity contribution in [1.82, 2.24) is 5.32 Å². The average molecular weight is 446 g/mol. The van der Waals surface area contributed by atoms with Crippen molar-refractivity contribution in [2.24, 2.45) is 16.6 Å². The molecule has 4 N–H and O–H groups in total. The second kappa shape index (κ2) is 10.5. The predicted molar refractivity (Wildman–Crippen MR) is 108 cm³/mol. The largest absolute Gasteiger partial charge is 0.383 e.